The van der Waals surface area contributed by atoms with Gasteiger partial charge in [-0.1, -0.05) is 32.4 Å². The smallest absolute Gasteiger partial charge is 0.228 e. The molecule has 2 rings (SSSR count). The molecule has 1 saturated heterocycles. The van der Waals surface area contributed by atoms with Gasteiger partial charge in [0.15, 0.2) is 0 Å². The van der Waals surface area contributed by atoms with Gasteiger partial charge < -0.3 is 9.80 Å². The van der Waals surface area contributed by atoms with Crippen molar-refractivity contribution in [1.82, 2.24) is 9.80 Å². The molecule has 0 N–H and O–H groups in total. The van der Waals surface area contributed by atoms with Gasteiger partial charge in [-0.15, -0.1) is 11.8 Å². The van der Waals surface area contributed by atoms with Gasteiger partial charge in [-0.2, -0.15) is 0 Å². The maximum Gasteiger partial charge on any atom is 0.228 e. The van der Waals surface area contributed by atoms with Crippen molar-refractivity contribution in [2.75, 3.05) is 31.9 Å². The minimum absolute atomic E-state index is 0.160. The second kappa shape index (κ2) is 8.26. The normalized spacial score (nSPS) is 15.5. The average Bonchev–Trinajstić information content (AvgIpc) is 2.55. The van der Waals surface area contributed by atoms with E-state index in [-0.39, 0.29) is 17.2 Å². The highest BCUT2D eigenvalue weighted by atomic mass is 35.5. The van der Waals surface area contributed by atoms with Gasteiger partial charge in [-0.05, 0) is 24.3 Å². The highest BCUT2D eigenvalue weighted by Crippen LogP contribution is 2.22. The van der Waals surface area contributed by atoms with Crippen molar-refractivity contribution in [3.05, 3.63) is 29.3 Å². The number of rotatable bonds is 4. The Morgan fingerprint density at radius 1 is 1.04 bits per heavy atom. The van der Waals surface area contributed by atoms with Crippen LogP contribution in [0.15, 0.2) is 29.2 Å². The number of nitrogens with zero attached hydrogens (tertiary/aromatic N) is 2. The van der Waals surface area contributed by atoms with E-state index in [4.69, 9.17) is 11.6 Å². The summed E-state index contributed by atoms with van der Waals surface area (Å²) in [5, 5.41) is 0.720. The predicted molar refractivity (Wildman–Crippen MR) is 99.4 cm³/mol. The molecule has 0 aromatic heterocycles. The van der Waals surface area contributed by atoms with Gasteiger partial charge in [0.1, 0.15) is 0 Å². The molecule has 1 aromatic rings. The summed E-state index contributed by atoms with van der Waals surface area (Å²) >= 11 is 7.52. The fraction of sp³-hybridized carbons (Fsp3) is 0.556. The molecule has 0 aliphatic carbocycles. The quantitative estimate of drug-likeness (QED) is 0.763. The van der Waals surface area contributed by atoms with E-state index < -0.39 is 0 Å². The maximum atomic E-state index is 12.3. The number of hydrogen-bond acceptors (Lipinski definition) is 3. The molecule has 132 valence electrons. The zero-order valence-electron chi connectivity index (χ0n) is 14.5. The third kappa shape index (κ3) is 5.42. The summed E-state index contributed by atoms with van der Waals surface area (Å²) in [7, 11) is 0. The lowest BCUT2D eigenvalue weighted by Gasteiger charge is -2.37. The summed E-state index contributed by atoms with van der Waals surface area (Å²) in [5.74, 6) is 1.08. The number of amides is 2. The van der Waals surface area contributed by atoms with E-state index >= 15 is 0 Å². The monoisotopic (exact) mass is 368 g/mol. The van der Waals surface area contributed by atoms with Crippen molar-refractivity contribution < 1.29 is 9.59 Å². The number of carbonyl (C=O) groups excluding carboxylic acids is 2. The fourth-order valence-corrected chi connectivity index (χ4v) is 3.55. The zero-order chi connectivity index (χ0) is 17.7. The average molecular weight is 369 g/mol. The molecule has 0 saturated carbocycles. The van der Waals surface area contributed by atoms with E-state index in [0.29, 0.717) is 32.6 Å². The van der Waals surface area contributed by atoms with Crippen molar-refractivity contribution in [2.24, 2.45) is 5.41 Å². The Bertz CT molecular complexity index is 576. The molecular formula is C18H25ClN2O2S. The van der Waals surface area contributed by atoms with E-state index in [1.54, 1.807) is 11.8 Å². The van der Waals surface area contributed by atoms with Crippen molar-refractivity contribution in [1.29, 1.82) is 0 Å². The first-order chi connectivity index (χ1) is 11.3. The largest absolute Gasteiger partial charge is 0.339 e. The van der Waals surface area contributed by atoms with E-state index in [0.717, 1.165) is 15.7 Å². The Labute approximate surface area is 153 Å². The third-order valence-electron chi connectivity index (χ3n) is 3.96. The number of hydrogen-bond donors (Lipinski definition) is 0. The Kier molecular flexibility index (Phi) is 6.58. The van der Waals surface area contributed by atoms with Crippen LogP contribution < -0.4 is 0 Å². The molecular weight excluding hydrogens is 344 g/mol. The first kappa shape index (κ1) is 19.1. The molecule has 1 fully saturated rings. The van der Waals surface area contributed by atoms with Crippen LogP contribution in [0.1, 0.15) is 27.2 Å². The summed E-state index contributed by atoms with van der Waals surface area (Å²) in [6.07, 6.45) is 0.514. The van der Waals surface area contributed by atoms with Gasteiger partial charge in [0.25, 0.3) is 0 Å². The molecule has 1 aliphatic rings. The molecule has 1 aromatic carbocycles. The van der Waals surface area contributed by atoms with Crippen LogP contribution in [0.25, 0.3) is 0 Å². The summed E-state index contributed by atoms with van der Waals surface area (Å²) in [6.45, 7) is 8.32. The van der Waals surface area contributed by atoms with Crippen molar-refractivity contribution in [3.63, 3.8) is 0 Å². The standard InChI is InChI=1S/C18H25ClN2O2S/c1-18(2,3)17(23)21-11-9-20(10-12-21)16(22)8-13-24-15-6-4-14(19)5-7-15/h4-7H,8-13H2,1-3H3. The minimum Gasteiger partial charge on any atom is -0.339 e. The summed E-state index contributed by atoms with van der Waals surface area (Å²) in [5.41, 5.74) is -0.360. The second-order valence-electron chi connectivity index (χ2n) is 6.98. The molecule has 0 radical (unpaired) electrons. The van der Waals surface area contributed by atoms with Gasteiger partial charge >= 0.3 is 0 Å². The summed E-state index contributed by atoms with van der Waals surface area (Å²) in [6, 6.07) is 7.65. The summed E-state index contributed by atoms with van der Waals surface area (Å²) in [4.78, 5) is 29.4. The molecule has 1 aliphatic heterocycles. The molecule has 0 unspecified atom stereocenters. The number of piperazine rings is 1. The Morgan fingerprint density at radius 2 is 1.58 bits per heavy atom. The molecule has 0 spiro atoms. The number of carbonyl (C=O) groups is 2. The van der Waals surface area contributed by atoms with Gasteiger partial charge in [0, 0.05) is 53.7 Å². The van der Waals surface area contributed by atoms with Gasteiger partial charge in [0.05, 0.1) is 0 Å². The number of benzene rings is 1. The first-order valence-electron chi connectivity index (χ1n) is 8.23. The maximum absolute atomic E-state index is 12.3. The van der Waals surface area contributed by atoms with Crippen LogP contribution >= 0.6 is 23.4 Å². The molecule has 6 heteroatoms. The van der Waals surface area contributed by atoms with Crippen LogP contribution in [-0.2, 0) is 9.59 Å². The van der Waals surface area contributed by atoms with E-state index in [1.165, 1.54) is 0 Å². The van der Waals surface area contributed by atoms with Crippen LogP contribution in [0, 0.1) is 5.41 Å². The van der Waals surface area contributed by atoms with Crippen LogP contribution in [0.2, 0.25) is 5.02 Å². The number of thioether (sulfide) groups is 1. The SMILES string of the molecule is CC(C)(C)C(=O)N1CCN(C(=O)CCSc2ccc(Cl)cc2)CC1. The van der Waals surface area contributed by atoms with Crippen molar-refractivity contribution in [2.45, 2.75) is 32.1 Å². The van der Waals surface area contributed by atoms with E-state index in [2.05, 4.69) is 0 Å². The lowest BCUT2D eigenvalue weighted by molar-refractivity contribution is -0.144. The lowest BCUT2D eigenvalue weighted by atomic mass is 9.94. The highest BCUT2D eigenvalue weighted by Gasteiger charge is 2.30. The van der Waals surface area contributed by atoms with Crippen LogP contribution in [0.4, 0.5) is 0 Å². The molecule has 1 heterocycles. The second-order valence-corrected chi connectivity index (χ2v) is 8.58. The van der Waals surface area contributed by atoms with Crippen molar-refractivity contribution >= 4 is 35.2 Å². The molecule has 24 heavy (non-hydrogen) atoms. The lowest BCUT2D eigenvalue weighted by Crippen LogP contribution is -2.53. The molecule has 0 atom stereocenters. The van der Waals surface area contributed by atoms with E-state index in [1.807, 2.05) is 54.8 Å². The van der Waals surface area contributed by atoms with Gasteiger partial charge in [0.2, 0.25) is 11.8 Å². The topological polar surface area (TPSA) is 40.6 Å². The predicted octanol–water partition coefficient (Wildman–Crippen LogP) is 3.54. The Morgan fingerprint density at radius 3 is 2.12 bits per heavy atom. The van der Waals surface area contributed by atoms with Gasteiger partial charge in [-0.3, -0.25) is 9.59 Å². The van der Waals surface area contributed by atoms with Crippen LogP contribution in [-0.4, -0.2) is 53.5 Å². The van der Waals surface area contributed by atoms with Crippen molar-refractivity contribution in [3.8, 4) is 0 Å². The Hall–Kier alpha value is -1.20. The van der Waals surface area contributed by atoms with E-state index in [9.17, 15) is 9.59 Å². The Balaban J connectivity index is 1.73. The van der Waals surface area contributed by atoms with Crippen LogP contribution in [0.5, 0.6) is 0 Å². The highest BCUT2D eigenvalue weighted by molar-refractivity contribution is 7.99. The summed E-state index contributed by atoms with van der Waals surface area (Å²) < 4.78 is 0. The minimum atomic E-state index is -0.360. The van der Waals surface area contributed by atoms with Crippen LogP contribution in [0.3, 0.4) is 0 Å². The first-order valence-corrected chi connectivity index (χ1v) is 9.59. The molecule has 4 nitrogen and oxygen atoms in total. The fourth-order valence-electron chi connectivity index (χ4n) is 2.58. The third-order valence-corrected chi connectivity index (χ3v) is 5.23. The number of halogens is 1. The molecule has 2 amide bonds. The molecule has 0 bridgehead atoms. The zero-order valence-corrected chi connectivity index (χ0v) is 16.1. The van der Waals surface area contributed by atoms with Gasteiger partial charge in [-0.25, -0.2) is 0 Å².